The molecule has 0 N–H and O–H groups in total. The Morgan fingerprint density at radius 1 is 1.09 bits per heavy atom. The Bertz CT molecular complexity index is 733. The second-order valence-corrected chi connectivity index (χ2v) is 6.94. The number of hydrogen-bond donors (Lipinski definition) is 0. The van der Waals surface area contributed by atoms with E-state index in [1.807, 2.05) is 36.4 Å². The first-order valence-corrected chi connectivity index (χ1v) is 8.14. The van der Waals surface area contributed by atoms with E-state index in [1.54, 1.807) is 0 Å². The normalized spacial score (nSPS) is 24.1. The molecule has 118 valence electrons. The zero-order valence-electron chi connectivity index (χ0n) is 11.4. The van der Waals surface area contributed by atoms with Gasteiger partial charge in [-0.1, -0.05) is 42.0 Å². The molecular weight excluding hydrogens is 317 g/mol. The van der Waals surface area contributed by atoms with Gasteiger partial charge in [-0.05, 0) is 24.5 Å². The van der Waals surface area contributed by atoms with Crippen molar-refractivity contribution < 1.29 is 25.8 Å². The van der Waals surface area contributed by atoms with E-state index >= 15 is 0 Å². The summed E-state index contributed by atoms with van der Waals surface area (Å²) in [6.07, 6.45) is 4.59. The van der Waals surface area contributed by atoms with E-state index in [-0.39, 0.29) is 17.6 Å². The van der Waals surface area contributed by atoms with Gasteiger partial charge in [-0.2, -0.15) is 21.6 Å². The van der Waals surface area contributed by atoms with E-state index in [4.69, 9.17) is 0 Å². The van der Waals surface area contributed by atoms with Crippen molar-refractivity contribution in [3.63, 3.8) is 0 Å². The highest BCUT2D eigenvalue weighted by atomic mass is 32.2. The van der Waals surface area contributed by atoms with Gasteiger partial charge in [0.2, 0.25) is 0 Å². The quantitative estimate of drug-likeness (QED) is 0.482. The lowest BCUT2D eigenvalue weighted by Crippen LogP contribution is -2.26. The standard InChI is InChI=1S/C15H13F3O3S/c16-15(17,18)22(19,20)21-14-9-12-8-13(14)7-11(12)6-10-4-2-1-3-5-10/h1-5,7,9,12-13H,6,8H2/t12-,13+/m1/s1. The minimum atomic E-state index is -5.58. The van der Waals surface area contributed by atoms with Crippen molar-refractivity contribution in [3.8, 4) is 0 Å². The van der Waals surface area contributed by atoms with E-state index in [0.717, 1.165) is 11.1 Å². The average Bonchev–Trinajstić information content (AvgIpc) is 2.97. The van der Waals surface area contributed by atoms with Crippen molar-refractivity contribution in [3.05, 3.63) is 59.4 Å². The smallest absolute Gasteiger partial charge is 0.380 e. The minimum Gasteiger partial charge on any atom is -0.380 e. The molecule has 1 aromatic rings. The molecule has 3 nitrogen and oxygen atoms in total. The van der Waals surface area contributed by atoms with Crippen molar-refractivity contribution in [1.29, 1.82) is 0 Å². The lowest BCUT2D eigenvalue weighted by Gasteiger charge is -2.15. The van der Waals surface area contributed by atoms with Crippen LogP contribution in [0.25, 0.3) is 0 Å². The molecule has 0 amide bonds. The van der Waals surface area contributed by atoms with Crippen LogP contribution in [0, 0.1) is 11.8 Å². The fraction of sp³-hybridized carbons (Fsp3) is 0.333. The van der Waals surface area contributed by atoms with E-state index in [0.29, 0.717) is 12.8 Å². The fourth-order valence-electron chi connectivity index (χ4n) is 2.86. The van der Waals surface area contributed by atoms with E-state index in [2.05, 4.69) is 4.18 Å². The number of fused-ring (bicyclic) bond motifs is 2. The molecular formula is C15H13F3O3S. The highest BCUT2D eigenvalue weighted by molar-refractivity contribution is 7.87. The predicted molar refractivity (Wildman–Crippen MR) is 74.0 cm³/mol. The molecule has 0 unspecified atom stereocenters. The molecule has 7 heteroatoms. The van der Waals surface area contributed by atoms with Crippen molar-refractivity contribution in [2.75, 3.05) is 0 Å². The van der Waals surface area contributed by atoms with Gasteiger partial charge >= 0.3 is 15.6 Å². The number of hydrogen-bond acceptors (Lipinski definition) is 3. The Morgan fingerprint density at radius 3 is 2.32 bits per heavy atom. The Labute approximate surface area is 126 Å². The Kier molecular flexibility index (Phi) is 3.55. The second-order valence-electron chi connectivity index (χ2n) is 5.40. The van der Waals surface area contributed by atoms with Crippen LogP contribution < -0.4 is 0 Å². The molecule has 0 fully saturated rings. The number of halogens is 3. The maximum Gasteiger partial charge on any atom is 0.534 e. The molecule has 2 bridgehead atoms. The lowest BCUT2D eigenvalue weighted by atomic mass is 9.96. The van der Waals surface area contributed by atoms with Gasteiger partial charge in [0, 0.05) is 11.8 Å². The molecule has 1 aromatic carbocycles. The predicted octanol–water partition coefficient (Wildman–Crippen LogP) is 3.56. The zero-order chi connectivity index (χ0) is 16.0. The first-order valence-electron chi connectivity index (χ1n) is 6.73. The highest BCUT2D eigenvalue weighted by Gasteiger charge is 2.50. The third kappa shape index (κ3) is 2.77. The van der Waals surface area contributed by atoms with Crippen molar-refractivity contribution in [2.24, 2.45) is 11.8 Å². The second kappa shape index (κ2) is 5.15. The molecule has 0 saturated carbocycles. The van der Waals surface area contributed by atoms with Crippen LogP contribution in [0.15, 0.2) is 53.8 Å². The van der Waals surface area contributed by atoms with Gasteiger partial charge in [-0.25, -0.2) is 0 Å². The molecule has 2 aliphatic carbocycles. The number of alkyl halides is 3. The SMILES string of the molecule is O=S(=O)(OC1=C[C@H]2C[C@@H]1C=C2Cc1ccccc1)C(F)(F)F. The molecule has 22 heavy (non-hydrogen) atoms. The monoisotopic (exact) mass is 330 g/mol. The highest BCUT2D eigenvalue weighted by Crippen LogP contribution is 2.45. The number of rotatable bonds is 4. The summed E-state index contributed by atoms with van der Waals surface area (Å²) in [5.41, 5.74) is -3.19. The van der Waals surface area contributed by atoms with Crippen LogP contribution in [0.2, 0.25) is 0 Å². The van der Waals surface area contributed by atoms with E-state index in [1.165, 1.54) is 6.08 Å². The maximum absolute atomic E-state index is 12.3. The number of allylic oxidation sites excluding steroid dienone is 3. The van der Waals surface area contributed by atoms with Gasteiger partial charge in [-0.3, -0.25) is 0 Å². The van der Waals surface area contributed by atoms with Crippen LogP contribution in [0.3, 0.4) is 0 Å². The summed E-state index contributed by atoms with van der Waals surface area (Å²) in [6.45, 7) is 0. The number of benzene rings is 1. The van der Waals surface area contributed by atoms with Gasteiger partial charge < -0.3 is 4.18 Å². The van der Waals surface area contributed by atoms with Gasteiger partial charge in [-0.15, -0.1) is 0 Å². The van der Waals surface area contributed by atoms with Crippen LogP contribution in [0.4, 0.5) is 13.2 Å². The third-order valence-corrected chi connectivity index (χ3v) is 4.85. The van der Waals surface area contributed by atoms with Crippen molar-refractivity contribution in [1.82, 2.24) is 0 Å². The first-order chi connectivity index (χ1) is 10.3. The van der Waals surface area contributed by atoms with Gasteiger partial charge in [0.1, 0.15) is 5.76 Å². The molecule has 0 aliphatic heterocycles. The summed E-state index contributed by atoms with van der Waals surface area (Å²) in [4.78, 5) is 0. The van der Waals surface area contributed by atoms with Gasteiger partial charge in [0.05, 0.1) is 0 Å². The Balaban J connectivity index is 1.70. The van der Waals surface area contributed by atoms with E-state index < -0.39 is 15.6 Å². The summed E-state index contributed by atoms with van der Waals surface area (Å²) in [5.74, 6) is -0.552. The summed E-state index contributed by atoms with van der Waals surface area (Å²) in [5, 5.41) is 0. The van der Waals surface area contributed by atoms with Crippen LogP contribution in [0.1, 0.15) is 12.0 Å². The molecule has 0 aromatic heterocycles. The first kappa shape index (κ1) is 15.1. The van der Waals surface area contributed by atoms with Crippen molar-refractivity contribution in [2.45, 2.75) is 18.3 Å². The molecule has 0 heterocycles. The topological polar surface area (TPSA) is 43.4 Å². The fourth-order valence-corrected chi connectivity index (χ4v) is 3.38. The molecule has 0 spiro atoms. The summed E-state index contributed by atoms with van der Waals surface area (Å²) >= 11 is 0. The van der Waals surface area contributed by atoms with Gasteiger partial charge in [0.15, 0.2) is 0 Å². The maximum atomic E-state index is 12.3. The van der Waals surface area contributed by atoms with E-state index in [9.17, 15) is 21.6 Å². The minimum absolute atomic E-state index is 0.0522. The van der Waals surface area contributed by atoms with Crippen LogP contribution in [-0.2, 0) is 20.7 Å². The van der Waals surface area contributed by atoms with Gasteiger partial charge in [0.25, 0.3) is 0 Å². The summed E-state index contributed by atoms with van der Waals surface area (Å²) in [6, 6.07) is 9.70. The largest absolute Gasteiger partial charge is 0.534 e. The van der Waals surface area contributed by atoms with Crippen LogP contribution in [0.5, 0.6) is 0 Å². The molecule has 3 rings (SSSR count). The average molecular weight is 330 g/mol. The van der Waals surface area contributed by atoms with Crippen molar-refractivity contribution >= 4 is 10.1 Å². The third-order valence-electron chi connectivity index (χ3n) is 3.87. The summed E-state index contributed by atoms with van der Waals surface area (Å²) < 4.78 is 63.4. The lowest BCUT2D eigenvalue weighted by molar-refractivity contribution is -0.0524. The Morgan fingerprint density at radius 2 is 1.77 bits per heavy atom. The van der Waals surface area contributed by atoms with Crippen LogP contribution >= 0.6 is 0 Å². The molecule has 2 atom stereocenters. The summed E-state index contributed by atoms with van der Waals surface area (Å²) in [7, 11) is -5.58. The Hall–Kier alpha value is -1.76. The molecule has 0 saturated heterocycles. The molecule has 2 aliphatic rings. The van der Waals surface area contributed by atoms with Crippen LogP contribution in [-0.4, -0.2) is 13.9 Å². The molecule has 0 radical (unpaired) electrons. The zero-order valence-corrected chi connectivity index (χ0v) is 12.2.